The van der Waals surface area contributed by atoms with Gasteiger partial charge in [0.1, 0.15) is 0 Å². The highest BCUT2D eigenvalue weighted by Crippen LogP contribution is 2.10. The minimum absolute atomic E-state index is 0.443. The van der Waals surface area contributed by atoms with Crippen LogP contribution in [-0.2, 0) is 13.0 Å². The quantitative estimate of drug-likeness (QED) is 0.770. The van der Waals surface area contributed by atoms with Crippen LogP contribution >= 0.6 is 15.9 Å². The molecule has 6 heteroatoms. The number of aryl methyl sites for hydroxylation is 1. The molecule has 0 aliphatic rings. The fraction of sp³-hybridized carbons (Fsp3) is 0.583. The molecule has 1 atom stereocenters. The molecule has 2 aromatic rings. The lowest BCUT2D eigenvalue weighted by Crippen LogP contribution is -2.06. The number of hydrogen-bond donors (Lipinski definition) is 0. The Morgan fingerprint density at radius 3 is 2.94 bits per heavy atom. The maximum Gasteiger partial charge on any atom is 0.0867 e. The topological polar surface area (TPSA) is 48.5 Å². The number of rotatable bonds is 6. The molecule has 0 saturated heterocycles. The standard InChI is InChI=1S/C12H18BrN5/c1-3-10(2)18-7-5-12(15-18)9-17-8-11(4-6-13)14-16-17/h5,7-8,10H,3-4,6,9H2,1-2H3. The number of halogens is 1. The highest BCUT2D eigenvalue weighted by molar-refractivity contribution is 9.09. The molecule has 0 aliphatic heterocycles. The van der Waals surface area contributed by atoms with Gasteiger partial charge in [-0.15, -0.1) is 5.10 Å². The molecule has 0 amide bonds. The van der Waals surface area contributed by atoms with Crippen molar-refractivity contribution in [3.8, 4) is 0 Å². The molecule has 0 aromatic carbocycles. The van der Waals surface area contributed by atoms with Crippen molar-refractivity contribution >= 4 is 15.9 Å². The summed E-state index contributed by atoms with van der Waals surface area (Å²) in [5.41, 5.74) is 2.03. The zero-order valence-electron chi connectivity index (χ0n) is 10.8. The van der Waals surface area contributed by atoms with E-state index in [1.165, 1.54) is 0 Å². The van der Waals surface area contributed by atoms with Crippen LogP contribution in [0.25, 0.3) is 0 Å². The van der Waals surface area contributed by atoms with Crippen molar-refractivity contribution < 1.29 is 0 Å². The lowest BCUT2D eigenvalue weighted by atomic mass is 10.3. The van der Waals surface area contributed by atoms with Gasteiger partial charge in [-0.05, 0) is 19.4 Å². The molecule has 0 bridgehead atoms. The summed E-state index contributed by atoms with van der Waals surface area (Å²) in [6, 6.07) is 2.48. The first-order chi connectivity index (χ1) is 8.72. The van der Waals surface area contributed by atoms with Crippen LogP contribution < -0.4 is 0 Å². The summed E-state index contributed by atoms with van der Waals surface area (Å²) in [6.45, 7) is 5.01. The summed E-state index contributed by atoms with van der Waals surface area (Å²) in [7, 11) is 0. The van der Waals surface area contributed by atoms with E-state index in [4.69, 9.17) is 0 Å². The zero-order chi connectivity index (χ0) is 13.0. The van der Waals surface area contributed by atoms with Crippen LogP contribution in [0.3, 0.4) is 0 Å². The molecule has 0 fully saturated rings. The normalized spacial score (nSPS) is 12.8. The van der Waals surface area contributed by atoms with Crippen LogP contribution in [0.1, 0.15) is 37.7 Å². The van der Waals surface area contributed by atoms with Gasteiger partial charge in [0.2, 0.25) is 0 Å². The number of hydrogen-bond acceptors (Lipinski definition) is 3. The maximum absolute atomic E-state index is 4.55. The van der Waals surface area contributed by atoms with E-state index in [2.05, 4.69) is 45.2 Å². The Labute approximate surface area is 115 Å². The van der Waals surface area contributed by atoms with E-state index in [0.717, 1.165) is 29.6 Å². The Morgan fingerprint density at radius 2 is 2.22 bits per heavy atom. The van der Waals surface area contributed by atoms with Crippen LogP contribution in [0.5, 0.6) is 0 Å². The fourth-order valence-corrected chi connectivity index (χ4v) is 2.09. The Hall–Kier alpha value is -1.17. The van der Waals surface area contributed by atoms with Crippen LogP contribution in [0, 0.1) is 0 Å². The molecule has 5 nitrogen and oxygen atoms in total. The maximum atomic E-state index is 4.55. The number of nitrogens with zero attached hydrogens (tertiary/aromatic N) is 5. The van der Waals surface area contributed by atoms with Crippen LogP contribution in [0.15, 0.2) is 18.5 Å². The highest BCUT2D eigenvalue weighted by atomic mass is 79.9. The lowest BCUT2D eigenvalue weighted by molar-refractivity contribution is 0.470. The molecule has 0 saturated carbocycles. The average molecular weight is 312 g/mol. The molecule has 2 aromatic heterocycles. The van der Waals surface area contributed by atoms with Gasteiger partial charge in [0.25, 0.3) is 0 Å². The van der Waals surface area contributed by atoms with E-state index in [-0.39, 0.29) is 0 Å². The molecule has 0 N–H and O–H groups in total. The predicted octanol–water partition coefficient (Wildman–Crippen LogP) is 2.43. The van der Waals surface area contributed by atoms with E-state index in [0.29, 0.717) is 12.6 Å². The molecule has 0 spiro atoms. The van der Waals surface area contributed by atoms with E-state index in [1.807, 2.05) is 27.8 Å². The van der Waals surface area contributed by atoms with Crippen molar-refractivity contribution in [2.45, 2.75) is 39.3 Å². The van der Waals surface area contributed by atoms with Gasteiger partial charge < -0.3 is 0 Å². The Bertz CT molecular complexity index is 490. The largest absolute Gasteiger partial charge is 0.270 e. The smallest absolute Gasteiger partial charge is 0.0867 e. The molecule has 0 aliphatic carbocycles. The van der Waals surface area contributed by atoms with E-state index >= 15 is 0 Å². The van der Waals surface area contributed by atoms with Gasteiger partial charge in [-0.3, -0.25) is 4.68 Å². The van der Waals surface area contributed by atoms with Crippen molar-refractivity contribution in [2.75, 3.05) is 5.33 Å². The summed E-state index contributed by atoms with van der Waals surface area (Å²) in [5, 5.41) is 13.7. The SMILES string of the molecule is CCC(C)n1ccc(Cn2cc(CCBr)nn2)n1. The summed E-state index contributed by atoms with van der Waals surface area (Å²) >= 11 is 3.40. The molecular formula is C12H18BrN5. The van der Waals surface area contributed by atoms with Gasteiger partial charge in [-0.25, -0.2) is 4.68 Å². The van der Waals surface area contributed by atoms with Gasteiger partial charge >= 0.3 is 0 Å². The molecule has 2 rings (SSSR count). The van der Waals surface area contributed by atoms with Gasteiger partial charge in [-0.2, -0.15) is 5.10 Å². The number of aromatic nitrogens is 5. The van der Waals surface area contributed by atoms with E-state index < -0.39 is 0 Å². The first-order valence-electron chi connectivity index (χ1n) is 6.22. The van der Waals surface area contributed by atoms with Gasteiger partial charge in [-0.1, -0.05) is 28.1 Å². The third-order valence-corrected chi connectivity index (χ3v) is 3.36. The van der Waals surface area contributed by atoms with Gasteiger partial charge in [0, 0.05) is 30.2 Å². The zero-order valence-corrected chi connectivity index (χ0v) is 12.3. The lowest BCUT2D eigenvalue weighted by Gasteiger charge is -2.07. The summed E-state index contributed by atoms with van der Waals surface area (Å²) in [4.78, 5) is 0. The third-order valence-electron chi connectivity index (χ3n) is 2.97. The second-order valence-electron chi connectivity index (χ2n) is 4.39. The Kier molecular flexibility index (Phi) is 4.52. The van der Waals surface area contributed by atoms with Crippen molar-refractivity contribution in [3.63, 3.8) is 0 Å². The molecule has 18 heavy (non-hydrogen) atoms. The molecule has 2 heterocycles. The second-order valence-corrected chi connectivity index (χ2v) is 5.18. The summed E-state index contributed by atoms with van der Waals surface area (Å²) < 4.78 is 3.84. The van der Waals surface area contributed by atoms with E-state index in [9.17, 15) is 0 Å². The Balaban J connectivity index is 2.01. The molecule has 1 unspecified atom stereocenters. The Morgan fingerprint density at radius 1 is 1.39 bits per heavy atom. The molecular weight excluding hydrogens is 294 g/mol. The van der Waals surface area contributed by atoms with Gasteiger partial charge in [0.05, 0.1) is 17.9 Å². The summed E-state index contributed by atoms with van der Waals surface area (Å²) in [6.07, 6.45) is 5.99. The minimum Gasteiger partial charge on any atom is -0.270 e. The van der Waals surface area contributed by atoms with Crippen molar-refractivity contribution in [1.82, 2.24) is 24.8 Å². The second kappa shape index (κ2) is 6.13. The average Bonchev–Trinajstić information content (AvgIpc) is 2.99. The van der Waals surface area contributed by atoms with Crippen LogP contribution in [0.2, 0.25) is 0 Å². The van der Waals surface area contributed by atoms with Crippen molar-refractivity contribution in [3.05, 3.63) is 29.8 Å². The first-order valence-corrected chi connectivity index (χ1v) is 7.34. The van der Waals surface area contributed by atoms with Gasteiger partial charge in [0.15, 0.2) is 0 Å². The predicted molar refractivity (Wildman–Crippen MR) is 73.9 cm³/mol. The number of alkyl halides is 1. The van der Waals surface area contributed by atoms with Crippen molar-refractivity contribution in [1.29, 1.82) is 0 Å². The fourth-order valence-electron chi connectivity index (χ4n) is 1.69. The van der Waals surface area contributed by atoms with Crippen LogP contribution in [0.4, 0.5) is 0 Å². The van der Waals surface area contributed by atoms with Crippen molar-refractivity contribution in [2.24, 2.45) is 0 Å². The first kappa shape index (κ1) is 13.3. The minimum atomic E-state index is 0.443. The summed E-state index contributed by atoms with van der Waals surface area (Å²) in [5.74, 6) is 0. The molecule has 98 valence electrons. The van der Waals surface area contributed by atoms with Crippen LogP contribution in [-0.4, -0.2) is 30.1 Å². The van der Waals surface area contributed by atoms with E-state index in [1.54, 1.807) is 0 Å². The monoisotopic (exact) mass is 311 g/mol. The third kappa shape index (κ3) is 3.19. The highest BCUT2D eigenvalue weighted by Gasteiger charge is 2.06. The molecule has 0 radical (unpaired) electrons.